The van der Waals surface area contributed by atoms with E-state index in [2.05, 4.69) is 0 Å². The van der Waals surface area contributed by atoms with Crippen molar-refractivity contribution in [2.24, 2.45) is 0 Å². The molecule has 0 unspecified atom stereocenters. The van der Waals surface area contributed by atoms with E-state index < -0.39 is 36.6 Å². The minimum atomic E-state index is -4.54. The monoisotopic (exact) mass is 576 g/mol. The van der Waals surface area contributed by atoms with Crippen LogP contribution in [0.1, 0.15) is 0 Å². The molecule has 12 nitrogen and oxygen atoms in total. The topological polar surface area (TPSA) is 223 Å². The standard InChI is InChI=1S/K.Na.2H2O6S5/c;;2*1-10(2,3)8-7-9-11(4,5)6/h;;2*(H,1,2,3)(H,4,5,6)/q2*+1;;/p-2. The fourth-order valence-corrected chi connectivity index (χ4v) is 16.7. The molecule has 0 heterocycles. The van der Waals surface area contributed by atoms with Crippen LogP contribution in [0, 0.1) is 0 Å². The van der Waals surface area contributed by atoms with Crippen molar-refractivity contribution >= 4 is 95.6 Å². The molecule has 0 amide bonds. The zero-order chi connectivity index (χ0) is 18.2. The van der Waals surface area contributed by atoms with Crippen LogP contribution >= 0.6 is 59.0 Å². The van der Waals surface area contributed by atoms with Gasteiger partial charge in [0.1, 0.15) is 0 Å². The minimum absolute atomic E-state index is 0. The van der Waals surface area contributed by atoms with Crippen molar-refractivity contribution in [1.29, 1.82) is 0 Å². The van der Waals surface area contributed by atoms with Gasteiger partial charge in [-0.3, -0.25) is 9.11 Å². The van der Waals surface area contributed by atoms with Gasteiger partial charge in [-0.1, -0.05) is 0 Å². The van der Waals surface area contributed by atoms with Gasteiger partial charge in [-0.25, -0.2) is 16.8 Å². The van der Waals surface area contributed by atoms with Gasteiger partial charge in [0, 0.05) is 39.3 Å². The fourth-order valence-electron chi connectivity index (χ4n) is 0.161. The normalized spacial score (nSPS) is 12.2. The summed E-state index contributed by atoms with van der Waals surface area (Å²) in [7, 11) is -17.9. The number of rotatable bonds is 8. The molecule has 0 bridgehead atoms. The van der Waals surface area contributed by atoms with Crippen molar-refractivity contribution in [3.8, 4) is 0 Å². The minimum Gasteiger partial charge on any atom is -0.739 e. The van der Waals surface area contributed by atoms with Crippen molar-refractivity contribution in [2.45, 2.75) is 0 Å². The second-order valence-corrected chi connectivity index (χ2v) is 21.0. The first-order chi connectivity index (χ1) is 9.41. The van der Waals surface area contributed by atoms with Crippen molar-refractivity contribution < 1.29 is 133 Å². The van der Waals surface area contributed by atoms with Crippen LogP contribution in [0.5, 0.6) is 0 Å². The molecule has 0 aromatic carbocycles. The maximum Gasteiger partial charge on any atom is 1.00 e. The van der Waals surface area contributed by atoms with E-state index in [0.717, 1.165) is 0 Å². The predicted octanol–water partition coefficient (Wildman–Crippen LogP) is -5.43. The van der Waals surface area contributed by atoms with Crippen LogP contribution in [-0.4, -0.2) is 51.9 Å². The molecule has 2 N–H and O–H groups in total. The molecule has 0 saturated heterocycles. The van der Waals surface area contributed by atoms with E-state index in [9.17, 15) is 42.8 Å². The summed E-state index contributed by atoms with van der Waals surface area (Å²) in [6, 6.07) is 0. The largest absolute Gasteiger partial charge is 1.00 e. The smallest absolute Gasteiger partial charge is 0.739 e. The average molecular weight is 577 g/mol. The van der Waals surface area contributed by atoms with Crippen molar-refractivity contribution in [3.05, 3.63) is 0 Å². The van der Waals surface area contributed by atoms with Crippen LogP contribution in [0.25, 0.3) is 0 Å². The maximum absolute atomic E-state index is 9.92. The van der Waals surface area contributed by atoms with Crippen LogP contribution in [0.2, 0.25) is 0 Å². The maximum atomic E-state index is 9.92. The molecule has 0 radical (unpaired) electrons. The average Bonchev–Trinajstić information content (AvgIpc) is 2.08. The SMILES string of the molecule is O=S(=O)(O)SSSS(=O)(=O)O.O=S(=O)([O-])SSSS(=O)(=O)[O-].[K+].[Na+]. The van der Waals surface area contributed by atoms with Gasteiger partial charge in [0.25, 0.3) is 0 Å². The second-order valence-electron chi connectivity index (χ2n) is 2.08. The molecule has 0 aliphatic heterocycles. The molecular weight excluding hydrogens is 575 g/mol. The Morgan fingerprint density at radius 2 is 0.792 bits per heavy atom. The molecule has 0 rings (SSSR count). The summed E-state index contributed by atoms with van der Waals surface area (Å²) in [4.78, 5) is 0. The first-order valence-corrected chi connectivity index (χ1v) is 18.1. The van der Waals surface area contributed by atoms with Crippen LogP contribution in [0.3, 0.4) is 0 Å². The van der Waals surface area contributed by atoms with Crippen molar-refractivity contribution in [2.75, 3.05) is 0 Å². The molecule has 0 aliphatic carbocycles. The third-order valence-electron chi connectivity index (χ3n) is 0.450. The molecular formula is H2KNaO12S10. The summed E-state index contributed by atoms with van der Waals surface area (Å²) in [5, 5.41) is 0. The molecule has 0 saturated carbocycles. The predicted molar refractivity (Wildman–Crippen MR) is 88.0 cm³/mol. The van der Waals surface area contributed by atoms with Gasteiger partial charge < -0.3 is 9.11 Å². The molecule has 0 aromatic heterocycles. The Labute approximate surface area is 223 Å². The van der Waals surface area contributed by atoms with Crippen molar-refractivity contribution in [1.82, 2.24) is 0 Å². The Morgan fingerprint density at radius 1 is 0.583 bits per heavy atom. The molecule has 0 fully saturated rings. The van der Waals surface area contributed by atoms with Gasteiger partial charge in [-0.05, 0) is 0 Å². The number of hydrogen-bond acceptors (Lipinski definition) is 16. The first-order valence-electron chi connectivity index (χ1n) is 3.37. The first kappa shape index (κ1) is 35.8. The third-order valence-corrected chi connectivity index (χ3v) is 18.1. The Bertz CT molecular complexity index is 598. The van der Waals surface area contributed by atoms with E-state index >= 15 is 0 Å². The van der Waals surface area contributed by atoms with Gasteiger partial charge in [-0.15, -0.1) is 0 Å². The van der Waals surface area contributed by atoms with E-state index in [1.54, 1.807) is 0 Å². The molecule has 24 heteroatoms. The van der Waals surface area contributed by atoms with E-state index in [1.165, 1.54) is 0 Å². The van der Waals surface area contributed by atoms with Crippen molar-refractivity contribution in [3.63, 3.8) is 0 Å². The Kier molecular flexibility index (Phi) is 24.0. The van der Waals surface area contributed by atoms with E-state index in [1.807, 2.05) is 0 Å². The zero-order valence-corrected chi connectivity index (χ0v) is 24.3. The van der Waals surface area contributed by atoms with Gasteiger partial charge in [-0.2, -0.15) is 16.8 Å². The molecule has 24 heavy (non-hydrogen) atoms. The zero-order valence-electron chi connectivity index (χ0n) is 11.1. The number of hydrogen-bond donors (Lipinski definition) is 2. The van der Waals surface area contributed by atoms with E-state index in [0.29, 0.717) is 0 Å². The summed E-state index contributed by atoms with van der Waals surface area (Å²) >= 11 is 0. The Hall–Kier alpha value is 4.38. The van der Waals surface area contributed by atoms with Crippen LogP contribution in [-0.2, 0) is 36.6 Å². The quantitative estimate of drug-likeness (QED) is 0.156. The summed E-state index contributed by atoms with van der Waals surface area (Å²) < 4.78 is 115. The fraction of sp³-hybridized carbons (Fsp3) is 0. The van der Waals surface area contributed by atoms with E-state index in [4.69, 9.17) is 9.11 Å². The summed E-state index contributed by atoms with van der Waals surface area (Å²) in [6.07, 6.45) is 0. The Morgan fingerprint density at radius 3 is 0.958 bits per heavy atom. The Balaban J connectivity index is -0.000000154. The van der Waals surface area contributed by atoms with Gasteiger partial charge >= 0.3 is 99.2 Å². The third kappa shape index (κ3) is 40.9. The molecule has 0 spiro atoms. The molecule has 0 aliphatic rings. The molecule has 0 atom stereocenters. The van der Waals surface area contributed by atoms with Gasteiger partial charge in [0.05, 0.1) is 19.7 Å². The van der Waals surface area contributed by atoms with Crippen LogP contribution < -0.4 is 80.9 Å². The molecule has 136 valence electrons. The van der Waals surface area contributed by atoms with Gasteiger partial charge in [0.2, 0.25) is 0 Å². The van der Waals surface area contributed by atoms with Crippen LogP contribution in [0.15, 0.2) is 0 Å². The second kappa shape index (κ2) is 16.1. The van der Waals surface area contributed by atoms with Crippen LogP contribution in [0.4, 0.5) is 0 Å². The van der Waals surface area contributed by atoms with Gasteiger partial charge in [0.15, 0.2) is 18.3 Å². The summed E-state index contributed by atoms with van der Waals surface area (Å²) in [5.41, 5.74) is 0. The van der Waals surface area contributed by atoms with E-state index in [-0.39, 0.29) is 140 Å². The molecule has 0 aromatic rings. The summed E-state index contributed by atoms with van der Waals surface area (Å²) in [5.74, 6) is 0. The summed E-state index contributed by atoms with van der Waals surface area (Å²) in [6.45, 7) is 0.